The van der Waals surface area contributed by atoms with Gasteiger partial charge in [-0.1, -0.05) is 13.0 Å². The Bertz CT molecular complexity index is 547. The molecule has 0 atom stereocenters. The fourth-order valence-corrected chi connectivity index (χ4v) is 2.45. The van der Waals surface area contributed by atoms with Crippen LogP contribution >= 0.6 is 15.9 Å². The number of nitrogens with zero attached hydrogens (tertiary/aromatic N) is 4. The first-order valence-electron chi connectivity index (χ1n) is 6.57. The summed E-state index contributed by atoms with van der Waals surface area (Å²) in [6.07, 6.45) is 4.43. The van der Waals surface area contributed by atoms with Crippen molar-refractivity contribution in [2.75, 3.05) is 23.8 Å². The molecular weight excluding hydrogens is 318 g/mol. The second-order valence-electron chi connectivity index (χ2n) is 4.46. The molecule has 2 heterocycles. The highest BCUT2D eigenvalue weighted by molar-refractivity contribution is 9.10. The Balaban J connectivity index is 2.15. The van der Waals surface area contributed by atoms with E-state index in [2.05, 4.69) is 43.1 Å². The van der Waals surface area contributed by atoms with Crippen LogP contribution < -0.4 is 10.2 Å². The van der Waals surface area contributed by atoms with Crippen molar-refractivity contribution in [3.63, 3.8) is 0 Å². The fraction of sp³-hybridized carbons (Fsp3) is 0.357. The van der Waals surface area contributed by atoms with Crippen LogP contribution in [-0.4, -0.2) is 28.5 Å². The lowest BCUT2D eigenvalue weighted by Gasteiger charge is -2.20. The monoisotopic (exact) mass is 335 g/mol. The summed E-state index contributed by atoms with van der Waals surface area (Å²) >= 11 is 3.58. The number of pyridine rings is 1. The molecule has 2 aromatic rings. The average Bonchev–Trinajstić information content (AvgIpc) is 2.47. The quantitative estimate of drug-likeness (QED) is 0.879. The third-order valence-corrected chi connectivity index (χ3v) is 3.53. The highest BCUT2D eigenvalue weighted by Crippen LogP contribution is 2.29. The van der Waals surface area contributed by atoms with Crippen molar-refractivity contribution in [2.45, 2.75) is 19.9 Å². The van der Waals surface area contributed by atoms with Gasteiger partial charge in [0.1, 0.15) is 22.4 Å². The molecule has 6 heteroatoms. The van der Waals surface area contributed by atoms with Gasteiger partial charge in [-0.25, -0.2) is 9.97 Å². The minimum Gasteiger partial charge on any atom is -0.369 e. The van der Waals surface area contributed by atoms with E-state index in [1.807, 2.05) is 30.1 Å². The maximum atomic E-state index is 4.34. The molecule has 0 aliphatic carbocycles. The minimum atomic E-state index is 0.698. The summed E-state index contributed by atoms with van der Waals surface area (Å²) in [6.45, 7) is 3.71. The van der Waals surface area contributed by atoms with Crippen LogP contribution in [0.15, 0.2) is 35.2 Å². The molecule has 20 heavy (non-hydrogen) atoms. The molecule has 0 aliphatic heterocycles. The molecule has 0 amide bonds. The van der Waals surface area contributed by atoms with Gasteiger partial charge in [0.15, 0.2) is 0 Å². The number of halogens is 1. The molecule has 0 saturated heterocycles. The van der Waals surface area contributed by atoms with Gasteiger partial charge in [-0.3, -0.25) is 4.98 Å². The van der Waals surface area contributed by atoms with Crippen LogP contribution in [0.4, 0.5) is 11.6 Å². The third-order valence-electron chi connectivity index (χ3n) is 2.80. The third kappa shape index (κ3) is 3.66. The van der Waals surface area contributed by atoms with Crippen LogP contribution in [0.25, 0.3) is 0 Å². The first-order chi connectivity index (χ1) is 9.72. The van der Waals surface area contributed by atoms with Gasteiger partial charge in [0.05, 0.1) is 12.2 Å². The van der Waals surface area contributed by atoms with E-state index in [1.165, 1.54) is 0 Å². The van der Waals surface area contributed by atoms with Crippen molar-refractivity contribution < 1.29 is 0 Å². The molecule has 106 valence electrons. The SMILES string of the molecule is CCCNc1ncnc(N(C)Cc2ccccn2)c1Br. The number of anilines is 2. The number of hydrogen-bond donors (Lipinski definition) is 1. The van der Waals surface area contributed by atoms with E-state index >= 15 is 0 Å². The summed E-state index contributed by atoms with van der Waals surface area (Å²) < 4.78 is 0.881. The summed E-state index contributed by atoms with van der Waals surface area (Å²) in [5.41, 5.74) is 1.00. The van der Waals surface area contributed by atoms with Gasteiger partial charge in [0.2, 0.25) is 0 Å². The summed E-state index contributed by atoms with van der Waals surface area (Å²) in [5.74, 6) is 1.67. The highest BCUT2D eigenvalue weighted by atomic mass is 79.9. The average molecular weight is 336 g/mol. The normalized spacial score (nSPS) is 10.3. The van der Waals surface area contributed by atoms with Gasteiger partial charge in [0.25, 0.3) is 0 Å². The van der Waals surface area contributed by atoms with Gasteiger partial charge in [-0.2, -0.15) is 0 Å². The molecule has 0 unspecified atom stereocenters. The van der Waals surface area contributed by atoms with Crippen LogP contribution in [0.3, 0.4) is 0 Å². The Morgan fingerprint density at radius 2 is 2.10 bits per heavy atom. The van der Waals surface area contributed by atoms with Crippen LogP contribution in [0.1, 0.15) is 19.0 Å². The van der Waals surface area contributed by atoms with Crippen molar-refractivity contribution in [1.82, 2.24) is 15.0 Å². The smallest absolute Gasteiger partial charge is 0.148 e. The van der Waals surface area contributed by atoms with Crippen molar-refractivity contribution in [2.24, 2.45) is 0 Å². The molecule has 0 radical (unpaired) electrons. The van der Waals surface area contributed by atoms with Crippen molar-refractivity contribution in [3.05, 3.63) is 40.9 Å². The second-order valence-corrected chi connectivity index (χ2v) is 5.26. The zero-order valence-corrected chi connectivity index (χ0v) is 13.3. The van der Waals surface area contributed by atoms with Gasteiger partial charge < -0.3 is 10.2 Å². The molecule has 0 aliphatic rings. The number of rotatable bonds is 6. The summed E-state index contributed by atoms with van der Waals surface area (Å²) in [4.78, 5) is 15.0. The maximum Gasteiger partial charge on any atom is 0.148 e. The van der Waals surface area contributed by atoms with Crippen LogP contribution in [0, 0.1) is 0 Å². The molecule has 0 aromatic carbocycles. The lowest BCUT2D eigenvalue weighted by atomic mass is 10.3. The van der Waals surface area contributed by atoms with Crippen molar-refractivity contribution >= 4 is 27.6 Å². The summed E-state index contributed by atoms with van der Waals surface area (Å²) in [5, 5.41) is 3.28. The highest BCUT2D eigenvalue weighted by Gasteiger charge is 2.12. The number of hydrogen-bond acceptors (Lipinski definition) is 5. The van der Waals surface area contributed by atoms with Crippen molar-refractivity contribution in [1.29, 1.82) is 0 Å². The zero-order chi connectivity index (χ0) is 14.4. The molecule has 0 spiro atoms. The minimum absolute atomic E-state index is 0.698. The van der Waals surface area contributed by atoms with Gasteiger partial charge in [0, 0.05) is 19.8 Å². The Labute approximate surface area is 127 Å². The summed E-state index contributed by atoms with van der Waals surface area (Å²) in [6, 6.07) is 5.90. The fourth-order valence-electron chi connectivity index (χ4n) is 1.80. The van der Waals surface area contributed by atoms with Gasteiger partial charge >= 0.3 is 0 Å². The van der Waals surface area contributed by atoms with E-state index in [1.54, 1.807) is 12.5 Å². The number of nitrogens with one attached hydrogen (secondary N) is 1. The van der Waals surface area contributed by atoms with Crippen LogP contribution in [0.2, 0.25) is 0 Å². The molecule has 2 aromatic heterocycles. The molecule has 2 rings (SSSR count). The Hall–Kier alpha value is -1.69. The first kappa shape index (κ1) is 14.7. The largest absolute Gasteiger partial charge is 0.369 e. The van der Waals surface area contributed by atoms with E-state index < -0.39 is 0 Å². The van der Waals surface area contributed by atoms with E-state index in [0.29, 0.717) is 6.54 Å². The van der Waals surface area contributed by atoms with Crippen LogP contribution in [-0.2, 0) is 6.54 Å². The Morgan fingerprint density at radius 3 is 2.80 bits per heavy atom. The molecule has 0 bridgehead atoms. The molecule has 0 fully saturated rings. The van der Waals surface area contributed by atoms with Gasteiger partial charge in [-0.15, -0.1) is 0 Å². The summed E-state index contributed by atoms with van der Waals surface area (Å²) in [7, 11) is 1.99. The standard InChI is InChI=1S/C14H18BrN5/c1-3-7-17-13-12(15)14(19-10-18-13)20(2)9-11-6-4-5-8-16-11/h4-6,8,10H,3,7,9H2,1-2H3,(H,17,18,19). The van der Waals surface area contributed by atoms with E-state index in [-0.39, 0.29) is 0 Å². The lowest BCUT2D eigenvalue weighted by molar-refractivity contribution is 0.855. The van der Waals surface area contributed by atoms with Crippen molar-refractivity contribution in [3.8, 4) is 0 Å². The Kier molecular flexibility index (Phi) is 5.29. The topological polar surface area (TPSA) is 53.9 Å². The Morgan fingerprint density at radius 1 is 1.25 bits per heavy atom. The van der Waals surface area contributed by atoms with E-state index in [0.717, 1.165) is 34.8 Å². The zero-order valence-electron chi connectivity index (χ0n) is 11.7. The predicted molar refractivity (Wildman–Crippen MR) is 84.9 cm³/mol. The number of aromatic nitrogens is 3. The maximum absolute atomic E-state index is 4.34. The van der Waals surface area contributed by atoms with E-state index in [9.17, 15) is 0 Å². The lowest BCUT2D eigenvalue weighted by Crippen LogP contribution is -2.19. The second kappa shape index (κ2) is 7.19. The van der Waals surface area contributed by atoms with E-state index in [4.69, 9.17) is 0 Å². The molecule has 1 N–H and O–H groups in total. The molecular formula is C14H18BrN5. The van der Waals surface area contributed by atoms with Crippen LogP contribution in [0.5, 0.6) is 0 Å². The molecule has 0 saturated carbocycles. The first-order valence-corrected chi connectivity index (χ1v) is 7.37. The molecule has 5 nitrogen and oxygen atoms in total. The van der Waals surface area contributed by atoms with Gasteiger partial charge in [-0.05, 0) is 34.5 Å². The predicted octanol–water partition coefficient (Wildman–Crippen LogP) is 3.09.